The van der Waals surface area contributed by atoms with Crippen molar-refractivity contribution < 1.29 is 9.53 Å². The summed E-state index contributed by atoms with van der Waals surface area (Å²) in [4.78, 5) is 14.6. The molecule has 0 saturated heterocycles. The summed E-state index contributed by atoms with van der Waals surface area (Å²) in [5.41, 5.74) is 4.49. The summed E-state index contributed by atoms with van der Waals surface area (Å²) < 4.78 is 7.56. The highest BCUT2D eigenvalue weighted by atomic mass is 16.5. The Kier molecular flexibility index (Phi) is 3.84. The predicted octanol–water partition coefficient (Wildman–Crippen LogP) is 3.78. The predicted molar refractivity (Wildman–Crippen MR) is 99.0 cm³/mol. The molecule has 4 rings (SSSR count). The number of urea groups is 1. The lowest BCUT2D eigenvalue weighted by molar-refractivity contribution is 0.206. The number of rotatable bonds is 2. The van der Waals surface area contributed by atoms with Crippen LogP contribution in [0.5, 0.6) is 5.75 Å². The van der Waals surface area contributed by atoms with E-state index in [2.05, 4.69) is 41.2 Å². The molecule has 5 nitrogen and oxygen atoms in total. The summed E-state index contributed by atoms with van der Waals surface area (Å²) in [7, 11) is 3.71. The average Bonchev–Trinajstić information content (AvgIpc) is 2.94. The van der Waals surface area contributed by atoms with Crippen molar-refractivity contribution in [3.8, 4) is 5.75 Å². The van der Waals surface area contributed by atoms with E-state index in [1.165, 1.54) is 22.2 Å². The number of nitrogens with one attached hydrogen (secondary N) is 1. The Balaban J connectivity index is 1.60. The monoisotopic (exact) mass is 335 g/mol. The first-order valence-corrected chi connectivity index (χ1v) is 8.43. The number of amides is 2. The third kappa shape index (κ3) is 2.61. The zero-order chi connectivity index (χ0) is 17.4. The Hall–Kier alpha value is -2.95. The van der Waals surface area contributed by atoms with Gasteiger partial charge < -0.3 is 19.5 Å². The lowest BCUT2D eigenvalue weighted by Crippen LogP contribution is -2.39. The highest BCUT2D eigenvalue weighted by Gasteiger charge is 2.25. The van der Waals surface area contributed by atoms with Crippen molar-refractivity contribution in [1.29, 1.82) is 0 Å². The number of anilines is 1. The first-order valence-electron chi connectivity index (χ1n) is 8.43. The van der Waals surface area contributed by atoms with Crippen LogP contribution in [0, 0.1) is 0 Å². The van der Waals surface area contributed by atoms with E-state index < -0.39 is 0 Å². The second kappa shape index (κ2) is 6.16. The molecular formula is C20H21N3O2. The second-order valence-electron chi connectivity index (χ2n) is 6.30. The van der Waals surface area contributed by atoms with Crippen molar-refractivity contribution in [3.63, 3.8) is 0 Å². The fourth-order valence-corrected chi connectivity index (χ4v) is 3.65. The van der Waals surface area contributed by atoms with Crippen LogP contribution >= 0.6 is 0 Å². The number of aromatic nitrogens is 1. The Bertz CT molecular complexity index is 945. The van der Waals surface area contributed by atoms with Gasteiger partial charge in [0.15, 0.2) is 0 Å². The van der Waals surface area contributed by atoms with Gasteiger partial charge in [0, 0.05) is 48.7 Å². The van der Waals surface area contributed by atoms with Gasteiger partial charge >= 0.3 is 6.03 Å². The number of para-hydroxylation sites is 3. The van der Waals surface area contributed by atoms with Gasteiger partial charge in [-0.25, -0.2) is 4.79 Å². The number of benzene rings is 2. The van der Waals surface area contributed by atoms with Crippen molar-refractivity contribution in [2.24, 2.45) is 7.05 Å². The minimum Gasteiger partial charge on any atom is -0.495 e. The SMILES string of the molecule is COc1ccccc1NC(=O)N1CCc2c(c3ccccc3n2C)C1. The van der Waals surface area contributed by atoms with E-state index >= 15 is 0 Å². The Morgan fingerprint density at radius 1 is 1.12 bits per heavy atom. The summed E-state index contributed by atoms with van der Waals surface area (Å²) >= 11 is 0. The zero-order valence-electron chi connectivity index (χ0n) is 14.5. The molecule has 25 heavy (non-hydrogen) atoms. The van der Waals surface area contributed by atoms with Crippen LogP contribution in [-0.4, -0.2) is 29.2 Å². The number of carbonyl (C=O) groups excluding carboxylic acids is 1. The topological polar surface area (TPSA) is 46.5 Å². The highest BCUT2D eigenvalue weighted by Crippen LogP contribution is 2.30. The maximum atomic E-state index is 12.7. The Morgan fingerprint density at radius 2 is 1.88 bits per heavy atom. The van der Waals surface area contributed by atoms with Gasteiger partial charge in [-0.15, -0.1) is 0 Å². The second-order valence-corrected chi connectivity index (χ2v) is 6.30. The quantitative estimate of drug-likeness (QED) is 0.775. The van der Waals surface area contributed by atoms with Gasteiger partial charge in [0.05, 0.1) is 12.8 Å². The molecule has 1 aliphatic rings. The molecule has 1 N–H and O–H groups in total. The van der Waals surface area contributed by atoms with Gasteiger partial charge in [-0.3, -0.25) is 0 Å². The van der Waals surface area contributed by atoms with E-state index in [1.807, 2.05) is 29.2 Å². The molecule has 2 aromatic carbocycles. The van der Waals surface area contributed by atoms with Crippen LogP contribution in [0.2, 0.25) is 0 Å². The van der Waals surface area contributed by atoms with Gasteiger partial charge in [-0.05, 0) is 18.2 Å². The van der Waals surface area contributed by atoms with E-state index in [0.717, 1.165) is 6.42 Å². The van der Waals surface area contributed by atoms with E-state index in [-0.39, 0.29) is 6.03 Å². The van der Waals surface area contributed by atoms with Crippen LogP contribution in [0.3, 0.4) is 0 Å². The van der Waals surface area contributed by atoms with Crippen molar-refractivity contribution >= 4 is 22.6 Å². The molecular weight excluding hydrogens is 314 g/mol. The van der Waals surface area contributed by atoms with Crippen LogP contribution in [0.4, 0.5) is 10.5 Å². The summed E-state index contributed by atoms with van der Waals surface area (Å²) in [5.74, 6) is 0.665. The van der Waals surface area contributed by atoms with Crippen LogP contribution < -0.4 is 10.1 Å². The number of hydrogen-bond donors (Lipinski definition) is 1. The molecule has 1 aliphatic heterocycles. The number of nitrogens with zero attached hydrogens (tertiary/aromatic N) is 2. The molecule has 0 saturated carbocycles. The zero-order valence-corrected chi connectivity index (χ0v) is 14.5. The lowest BCUT2D eigenvalue weighted by Gasteiger charge is -2.28. The molecule has 0 aliphatic carbocycles. The molecule has 0 radical (unpaired) electrons. The van der Waals surface area contributed by atoms with Crippen LogP contribution in [0.1, 0.15) is 11.3 Å². The van der Waals surface area contributed by atoms with E-state index in [1.54, 1.807) is 7.11 Å². The fraction of sp³-hybridized carbons (Fsp3) is 0.250. The van der Waals surface area contributed by atoms with E-state index in [0.29, 0.717) is 24.5 Å². The van der Waals surface area contributed by atoms with Crippen LogP contribution in [0.15, 0.2) is 48.5 Å². The standard InChI is InChI=1S/C20H21N3O2/c1-22-17-9-5-3-7-14(17)15-13-23(12-11-18(15)22)20(24)21-16-8-4-6-10-19(16)25-2/h3-10H,11-13H2,1-2H3,(H,21,24). The summed E-state index contributed by atoms with van der Waals surface area (Å²) in [5, 5.41) is 4.20. The first-order chi connectivity index (χ1) is 12.2. The van der Waals surface area contributed by atoms with Crippen molar-refractivity contribution in [3.05, 3.63) is 59.8 Å². The largest absolute Gasteiger partial charge is 0.495 e. The minimum absolute atomic E-state index is 0.0944. The highest BCUT2D eigenvalue weighted by molar-refractivity contribution is 5.92. The minimum atomic E-state index is -0.0944. The van der Waals surface area contributed by atoms with Gasteiger partial charge in [0.2, 0.25) is 0 Å². The molecule has 2 amide bonds. The third-order valence-corrected chi connectivity index (χ3v) is 4.95. The molecule has 2 heterocycles. The normalized spacial score (nSPS) is 13.6. The molecule has 0 fully saturated rings. The molecule has 0 spiro atoms. The van der Waals surface area contributed by atoms with Crippen molar-refractivity contribution in [2.45, 2.75) is 13.0 Å². The maximum absolute atomic E-state index is 12.7. The summed E-state index contributed by atoms with van der Waals surface area (Å²) in [6.45, 7) is 1.33. The third-order valence-electron chi connectivity index (χ3n) is 4.95. The fourth-order valence-electron chi connectivity index (χ4n) is 3.65. The molecule has 1 aromatic heterocycles. The summed E-state index contributed by atoms with van der Waals surface area (Å²) in [6, 6.07) is 15.7. The molecule has 128 valence electrons. The number of carbonyl (C=O) groups is 1. The number of methoxy groups -OCH3 is 1. The van der Waals surface area contributed by atoms with Gasteiger partial charge in [0.1, 0.15) is 5.75 Å². The van der Waals surface area contributed by atoms with Crippen LogP contribution in [-0.2, 0) is 20.0 Å². The lowest BCUT2D eigenvalue weighted by atomic mass is 10.0. The number of aryl methyl sites for hydroxylation is 1. The summed E-state index contributed by atoms with van der Waals surface area (Å²) in [6.07, 6.45) is 0.861. The van der Waals surface area contributed by atoms with E-state index in [9.17, 15) is 4.79 Å². The molecule has 3 aromatic rings. The molecule has 0 unspecified atom stereocenters. The van der Waals surface area contributed by atoms with E-state index in [4.69, 9.17) is 4.74 Å². The number of ether oxygens (including phenoxy) is 1. The van der Waals surface area contributed by atoms with Crippen LogP contribution in [0.25, 0.3) is 10.9 Å². The van der Waals surface area contributed by atoms with Gasteiger partial charge in [0.25, 0.3) is 0 Å². The smallest absolute Gasteiger partial charge is 0.322 e. The average molecular weight is 335 g/mol. The van der Waals surface area contributed by atoms with Crippen molar-refractivity contribution in [2.75, 3.05) is 19.0 Å². The number of hydrogen-bond acceptors (Lipinski definition) is 2. The van der Waals surface area contributed by atoms with Gasteiger partial charge in [-0.2, -0.15) is 0 Å². The Labute approximate surface area is 146 Å². The molecule has 5 heteroatoms. The molecule has 0 bridgehead atoms. The Morgan fingerprint density at radius 3 is 2.72 bits per heavy atom. The number of fused-ring (bicyclic) bond motifs is 3. The first kappa shape index (κ1) is 15.6. The maximum Gasteiger partial charge on any atom is 0.322 e. The van der Waals surface area contributed by atoms with Gasteiger partial charge in [-0.1, -0.05) is 30.3 Å². The van der Waals surface area contributed by atoms with Crippen molar-refractivity contribution in [1.82, 2.24) is 9.47 Å². The molecule has 0 atom stereocenters.